The minimum absolute atomic E-state index is 0.166. The molecule has 1 aliphatic heterocycles. The van der Waals surface area contributed by atoms with Crippen LogP contribution in [0.5, 0.6) is 0 Å². The van der Waals surface area contributed by atoms with E-state index in [4.69, 9.17) is 5.73 Å². The Hall–Kier alpha value is -2.16. The topological polar surface area (TPSA) is 101 Å². The molecule has 0 saturated carbocycles. The molecule has 24 heavy (non-hydrogen) atoms. The molecular weight excluding hydrogens is 337 g/mol. The Morgan fingerprint density at radius 1 is 1.29 bits per heavy atom. The molecule has 0 aliphatic carbocycles. The molecule has 0 radical (unpaired) electrons. The van der Waals surface area contributed by atoms with E-state index in [9.17, 15) is 22.4 Å². The average Bonchev–Trinajstić information content (AvgIpc) is 2.52. The van der Waals surface area contributed by atoms with Crippen molar-refractivity contribution >= 4 is 27.5 Å². The van der Waals surface area contributed by atoms with Crippen LogP contribution in [0, 0.1) is 11.7 Å². The largest absolute Gasteiger partial charge is 0.369 e. The average molecular weight is 357 g/mol. The monoisotopic (exact) mass is 357 g/mol. The summed E-state index contributed by atoms with van der Waals surface area (Å²) < 4.78 is 38.6. The molecule has 0 bridgehead atoms. The summed E-state index contributed by atoms with van der Waals surface area (Å²) in [4.78, 5) is 25.0. The van der Waals surface area contributed by atoms with Crippen LogP contribution in [0.15, 0.2) is 24.3 Å². The number of carbonyl (C=O) groups excluding carboxylic acids is 2. The Morgan fingerprint density at radius 3 is 2.38 bits per heavy atom. The van der Waals surface area contributed by atoms with Gasteiger partial charge < -0.3 is 10.6 Å². The molecule has 2 rings (SSSR count). The number of primary amides is 1. The number of likely N-dealkylation sites (tertiary alicyclic amines) is 1. The highest BCUT2D eigenvalue weighted by Gasteiger charge is 2.29. The summed E-state index contributed by atoms with van der Waals surface area (Å²) in [6.45, 7) is 0.156. The zero-order chi connectivity index (χ0) is 17.9. The number of anilines is 1. The SMILES string of the molecule is CS(=O)(=O)N(CC(=O)N1CCC(C(N)=O)CC1)c1ccccc1F. The number of rotatable bonds is 5. The van der Waals surface area contributed by atoms with Crippen molar-refractivity contribution in [2.45, 2.75) is 12.8 Å². The highest BCUT2D eigenvalue weighted by molar-refractivity contribution is 7.92. The van der Waals surface area contributed by atoms with Crippen molar-refractivity contribution in [1.29, 1.82) is 0 Å². The third kappa shape index (κ3) is 4.22. The molecule has 1 heterocycles. The Labute approximate surface area is 140 Å². The van der Waals surface area contributed by atoms with Gasteiger partial charge in [0, 0.05) is 19.0 Å². The van der Waals surface area contributed by atoms with E-state index in [0.29, 0.717) is 25.9 Å². The maximum atomic E-state index is 13.9. The van der Waals surface area contributed by atoms with Gasteiger partial charge in [-0.25, -0.2) is 12.8 Å². The van der Waals surface area contributed by atoms with Crippen molar-refractivity contribution in [3.05, 3.63) is 30.1 Å². The summed E-state index contributed by atoms with van der Waals surface area (Å²) >= 11 is 0. The molecule has 0 atom stereocenters. The van der Waals surface area contributed by atoms with Gasteiger partial charge in [-0.2, -0.15) is 0 Å². The first-order valence-corrected chi connectivity index (χ1v) is 9.34. The van der Waals surface area contributed by atoms with Gasteiger partial charge in [0.2, 0.25) is 21.8 Å². The van der Waals surface area contributed by atoms with Crippen molar-refractivity contribution in [2.75, 3.05) is 30.2 Å². The first kappa shape index (κ1) is 18.2. The maximum Gasteiger partial charge on any atom is 0.243 e. The van der Waals surface area contributed by atoms with E-state index in [-0.39, 0.29) is 11.6 Å². The number of amides is 2. The number of sulfonamides is 1. The molecule has 1 aromatic rings. The molecule has 7 nitrogen and oxygen atoms in total. The zero-order valence-electron chi connectivity index (χ0n) is 13.3. The van der Waals surface area contributed by atoms with Crippen molar-refractivity contribution < 1.29 is 22.4 Å². The number of piperidine rings is 1. The number of nitrogens with two attached hydrogens (primary N) is 1. The fourth-order valence-electron chi connectivity index (χ4n) is 2.67. The molecule has 0 aromatic heterocycles. The predicted molar refractivity (Wildman–Crippen MR) is 87.1 cm³/mol. The van der Waals surface area contributed by atoms with Gasteiger partial charge in [-0.3, -0.25) is 13.9 Å². The number of carbonyl (C=O) groups is 2. The lowest BCUT2D eigenvalue weighted by molar-refractivity contribution is -0.133. The highest BCUT2D eigenvalue weighted by atomic mass is 32.2. The minimum atomic E-state index is -3.83. The molecule has 9 heteroatoms. The molecule has 2 amide bonds. The summed E-state index contributed by atoms with van der Waals surface area (Å²) in [6, 6.07) is 5.38. The summed E-state index contributed by atoms with van der Waals surface area (Å²) in [5.74, 6) is -1.83. The van der Waals surface area contributed by atoms with E-state index >= 15 is 0 Å². The Kier molecular flexibility index (Phi) is 5.43. The third-order valence-corrected chi connectivity index (χ3v) is 5.18. The van der Waals surface area contributed by atoms with Gasteiger partial charge in [0.25, 0.3) is 0 Å². The van der Waals surface area contributed by atoms with Crippen molar-refractivity contribution in [3.8, 4) is 0 Å². The Morgan fingerprint density at radius 2 is 1.88 bits per heavy atom. The van der Waals surface area contributed by atoms with E-state index in [1.54, 1.807) is 0 Å². The van der Waals surface area contributed by atoms with Gasteiger partial charge in [-0.1, -0.05) is 12.1 Å². The van der Waals surface area contributed by atoms with Gasteiger partial charge in [-0.05, 0) is 25.0 Å². The molecule has 0 spiro atoms. The van der Waals surface area contributed by atoms with Crippen molar-refractivity contribution in [2.24, 2.45) is 11.7 Å². The lowest BCUT2D eigenvalue weighted by atomic mass is 9.96. The number of nitrogens with zero attached hydrogens (tertiary/aromatic N) is 2. The van der Waals surface area contributed by atoms with Crippen LogP contribution in [0.25, 0.3) is 0 Å². The van der Waals surface area contributed by atoms with Crippen molar-refractivity contribution in [3.63, 3.8) is 0 Å². The lowest BCUT2D eigenvalue weighted by Gasteiger charge is -2.32. The summed E-state index contributed by atoms with van der Waals surface area (Å²) in [7, 11) is -3.83. The first-order valence-electron chi connectivity index (χ1n) is 7.49. The Balaban J connectivity index is 2.12. The van der Waals surface area contributed by atoms with Crippen LogP contribution in [0.4, 0.5) is 10.1 Å². The second-order valence-corrected chi connectivity index (χ2v) is 7.69. The van der Waals surface area contributed by atoms with Crippen molar-refractivity contribution in [1.82, 2.24) is 4.90 Å². The maximum absolute atomic E-state index is 13.9. The summed E-state index contributed by atoms with van der Waals surface area (Å²) in [5.41, 5.74) is 5.08. The normalized spacial score (nSPS) is 16.0. The van der Waals surface area contributed by atoms with Gasteiger partial charge >= 0.3 is 0 Å². The predicted octanol–water partition coefficient (Wildman–Crippen LogP) is 0.316. The number of para-hydroxylation sites is 1. The van der Waals surface area contributed by atoms with E-state index in [1.807, 2.05) is 0 Å². The van der Waals surface area contributed by atoms with Gasteiger partial charge in [0.05, 0.1) is 11.9 Å². The molecule has 0 unspecified atom stereocenters. The molecule has 1 aliphatic rings. The molecule has 2 N–H and O–H groups in total. The smallest absolute Gasteiger partial charge is 0.243 e. The number of hydrogen-bond acceptors (Lipinski definition) is 4. The van der Waals surface area contributed by atoms with Crippen LogP contribution in [0.1, 0.15) is 12.8 Å². The Bertz CT molecular complexity index is 730. The second kappa shape index (κ2) is 7.16. The van der Waals surface area contributed by atoms with Gasteiger partial charge in [-0.15, -0.1) is 0 Å². The molecule has 132 valence electrons. The summed E-state index contributed by atoms with van der Waals surface area (Å²) in [5, 5.41) is 0. The fraction of sp³-hybridized carbons (Fsp3) is 0.467. The van der Waals surface area contributed by atoms with Crippen LogP contribution in [0.3, 0.4) is 0 Å². The highest BCUT2D eigenvalue weighted by Crippen LogP contribution is 2.22. The molecule has 1 fully saturated rings. The number of hydrogen-bond donors (Lipinski definition) is 1. The second-order valence-electron chi connectivity index (χ2n) is 5.78. The van der Waals surface area contributed by atoms with E-state index in [1.165, 1.54) is 23.1 Å². The lowest BCUT2D eigenvalue weighted by Crippen LogP contribution is -2.47. The summed E-state index contributed by atoms with van der Waals surface area (Å²) in [6.07, 6.45) is 1.81. The van der Waals surface area contributed by atoms with Crippen LogP contribution in [0.2, 0.25) is 0 Å². The molecule has 1 saturated heterocycles. The third-order valence-electron chi connectivity index (χ3n) is 4.05. The van der Waals surface area contributed by atoms with Crippen LogP contribution in [-0.2, 0) is 19.6 Å². The quantitative estimate of drug-likeness (QED) is 0.820. The van der Waals surface area contributed by atoms with Crippen LogP contribution >= 0.6 is 0 Å². The molecular formula is C15H20FN3O4S. The van der Waals surface area contributed by atoms with Crippen LogP contribution in [-0.4, -0.2) is 51.0 Å². The van der Waals surface area contributed by atoms with E-state index in [2.05, 4.69) is 0 Å². The van der Waals surface area contributed by atoms with Gasteiger partial charge in [0.1, 0.15) is 12.4 Å². The zero-order valence-corrected chi connectivity index (χ0v) is 14.1. The minimum Gasteiger partial charge on any atom is -0.369 e. The number of halogens is 1. The fourth-order valence-corrected chi connectivity index (χ4v) is 3.52. The first-order chi connectivity index (χ1) is 11.2. The molecule has 1 aromatic carbocycles. The standard InChI is InChI=1S/C15H20FN3O4S/c1-24(22,23)19(13-5-3-2-4-12(13)16)10-14(20)18-8-6-11(7-9-18)15(17)21/h2-5,11H,6-10H2,1H3,(H2,17,21). The van der Waals surface area contributed by atoms with E-state index < -0.39 is 34.2 Å². The van der Waals surface area contributed by atoms with Gasteiger partial charge in [0.15, 0.2) is 0 Å². The number of benzene rings is 1. The van der Waals surface area contributed by atoms with Crippen LogP contribution < -0.4 is 10.0 Å². The van der Waals surface area contributed by atoms with E-state index in [0.717, 1.165) is 16.6 Å².